The lowest BCUT2D eigenvalue weighted by molar-refractivity contribution is -0.159. The topological polar surface area (TPSA) is 149 Å². The molecule has 2 aliphatic rings. The lowest BCUT2D eigenvalue weighted by atomic mass is 10.1. The molecule has 0 amide bonds. The fourth-order valence-electron chi connectivity index (χ4n) is 3.66. The molecule has 3 N–H and O–H groups in total. The zero-order valence-electron chi connectivity index (χ0n) is 14.1. The first kappa shape index (κ1) is 17.1. The van der Waals surface area contributed by atoms with Crippen molar-refractivity contribution in [2.45, 2.75) is 43.5 Å². The predicted molar refractivity (Wildman–Crippen MR) is 84.0 cm³/mol. The summed E-state index contributed by atoms with van der Waals surface area (Å²) in [7, 11) is 0. The highest BCUT2D eigenvalue weighted by atomic mass is 16.6. The van der Waals surface area contributed by atoms with E-state index in [1.54, 1.807) is 6.92 Å². The lowest BCUT2D eigenvalue weighted by Gasteiger charge is -2.24. The van der Waals surface area contributed by atoms with Crippen LogP contribution < -0.4 is 5.56 Å². The molecule has 0 spiro atoms. The van der Waals surface area contributed by atoms with Crippen molar-refractivity contribution in [3.8, 4) is 0 Å². The monoisotopic (exact) mass is 366 g/mol. The smallest absolute Gasteiger partial charge is 0.302 e. The van der Waals surface area contributed by atoms with Gasteiger partial charge in [-0.3, -0.25) is 14.2 Å². The van der Waals surface area contributed by atoms with E-state index >= 15 is 0 Å². The summed E-state index contributed by atoms with van der Waals surface area (Å²) in [6.07, 6.45) is -0.580. The average Bonchev–Trinajstić information content (AvgIpc) is 2.92. The Hall–Kier alpha value is -2.34. The van der Waals surface area contributed by atoms with E-state index in [2.05, 4.69) is 15.0 Å². The van der Waals surface area contributed by atoms with Gasteiger partial charge in [0.2, 0.25) is 0 Å². The van der Waals surface area contributed by atoms with Crippen LogP contribution >= 0.6 is 0 Å². The van der Waals surface area contributed by atoms with Crippen LogP contribution in [0.3, 0.4) is 0 Å². The van der Waals surface area contributed by atoms with Gasteiger partial charge in [-0.05, 0) is 6.92 Å². The quantitative estimate of drug-likeness (QED) is 0.535. The average molecular weight is 366 g/mol. The molecule has 0 bridgehead atoms. The number of rotatable bonds is 5. The van der Waals surface area contributed by atoms with Gasteiger partial charge in [-0.2, -0.15) is 0 Å². The number of esters is 1. The van der Waals surface area contributed by atoms with Crippen molar-refractivity contribution in [1.29, 1.82) is 0 Å². The van der Waals surface area contributed by atoms with Gasteiger partial charge in [-0.15, -0.1) is 0 Å². The van der Waals surface area contributed by atoms with Crippen molar-refractivity contribution in [3.05, 3.63) is 23.0 Å². The number of carbonyl (C=O) groups excluding carboxylic acids is 1. The number of carbonyl (C=O) groups is 1. The maximum atomic E-state index is 11.8. The fraction of sp³-hybridized carbons (Fsp3) is 0.600. The summed E-state index contributed by atoms with van der Waals surface area (Å²) in [5.74, 6) is -0.543. The third-order valence-corrected chi connectivity index (χ3v) is 4.91. The summed E-state index contributed by atoms with van der Waals surface area (Å²) >= 11 is 0. The van der Waals surface area contributed by atoms with E-state index in [4.69, 9.17) is 14.2 Å². The Morgan fingerprint density at radius 3 is 2.88 bits per heavy atom. The molecule has 2 aromatic heterocycles. The lowest BCUT2D eigenvalue weighted by Crippen LogP contribution is -2.37. The van der Waals surface area contributed by atoms with Gasteiger partial charge in [0, 0.05) is 13.5 Å². The summed E-state index contributed by atoms with van der Waals surface area (Å²) in [6, 6.07) is 0. The van der Waals surface area contributed by atoms with Crippen LogP contribution in [-0.2, 0) is 19.0 Å². The molecule has 11 nitrogen and oxygen atoms in total. The molecule has 26 heavy (non-hydrogen) atoms. The number of ether oxygens (including phenoxy) is 3. The molecule has 3 heterocycles. The van der Waals surface area contributed by atoms with E-state index in [-0.39, 0.29) is 24.4 Å². The minimum absolute atomic E-state index is 0.0697. The van der Waals surface area contributed by atoms with Gasteiger partial charge in [0.1, 0.15) is 18.8 Å². The summed E-state index contributed by atoms with van der Waals surface area (Å²) in [6.45, 7) is 2.96. The van der Waals surface area contributed by atoms with Gasteiger partial charge in [0.05, 0.1) is 12.7 Å². The molecule has 2 fully saturated rings. The maximum Gasteiger partial charge on any atom is 0.302 e. The van der Waals surface area contributed by atoms with E-state index in [1.165, 1.54) is 24.1 Å². The highest BCUT2D eigenvalue weighted by molar-refractivity contribution is 5.69. The third-order valence-electron chi connectivity index (χ3n) is 4.91. The van der Waals surface area contributed by atoms with Gasteiger partial charge < -0.3 is 29.4 Å². The highest BCUT2D eigenvalue weighted by Gasteiger charge is 2.89. The summed E-state index contributed by atoms with van der Waals surface area (Å²) in [5.41, 5.74) is -3.75. The number of nitrogens with one attached hydrogen (secondary N) is 1. The third kappa shape index (κ3) is 2.02. The highest BCUT2D eigenvalue weighted by Crippen LogP contribution is 2.65. The van der Waals surface area contributed by atoms with Crippen molar-refractivity contribution in [2.75, 3.05) is 13.2 Å². The second-order valence-corrected chi connectivity index (χ2v) is 6.32. The molecule has 0 radical (unpaired) electrons. The first-order valence-corrected chi connectivity index (χ1v) is 8.11. The van der Waals surface area contributed by atoms with Crippen LogP contribution in [0, 0.1) is 0 Å². The Morgan fingerprint density at radius 2 is 2.19 bits per heavy atom. The number of aromatic nitrogens is 4. The molecular formula is C15H18N4O7. The fourth-order valence-corrected chi connectivity index (χ4v) is 3.66. The van der Waals surface area contributed by atoms with Gasteiger partial charge in [0.15, 0.2) is 28.6 Å². The van der Waals surface area contributed by atoms with Crippen LogP contribution in [0.5, 0.6) is 0 Å². The molecule has 4 rings (SSSR count). The van der Waals surface area contributed by atoms with Crippen LogP contribution in [0.2, 0.25) is 0 Å². The molecule has 0 aromatic carbocycles. The molecule has 140 valence electrons. The first-order chi connectivity index (χ1) is 12.4. The van der Waals surface area contributed by atoms with Crippen molar-refractivity contribution < 1.29 is 29.2 Å². The summed E-state index contributed by atoms with van der Waals surface area (Å²) in [5, 5.41) is 22.1. The number of H-pyrrole nitrogens is 1. The second-order valence-electron chi connectivity index (χ2n) is 6.32. The second kappa shape index (κ2) is 5.58. The molecule has 1 aliphatic carbocycles. The Balaban J connectivity index is 1.75. The van der Waals surface area contributed by atoms with Gasteiger partial charge in [-0.1, -0.05) is 0 Å². The van der Waals surface area contributed by atoms with E-state index in [1.807, 2.05) is 0 Å². The molecular weight excluding hydrogens is 348 g/mol. The number of aliphatic hydroxyl groups is 2. The number of hydrogen-bond acceptors (Lipinski definition) is 9. The molecule has 5 atom stereocenters. The van der Waals surface area contributed by atoms with Crippen LogP contribution in [0.4, 0.5) is 0 Å². The van der Waals surface area contributed by atoms with Gasteiger partial charge >= 0.3 is 5.97 Å². The SMILES string of the molecule is CCOC1[C@@]2(O)[C@@H](COC(C)=O)O[C@@H](n3cnc4c(=O)[nH]cnc43)[C@@]12O. The van der Waals surface area contributed by atoms with E-state index < -0.39 is 41.2 Å². The Bertz CT molecular complexity index is 926. The molecule has 2 aromatic rings. The molecule has 1 saturated heterocycles. The molecule has 1 aliphatic heterocycles. The van der Waals surface area contributed by atoms with Gasteiger partial charge in [-0.25, -0.2) is 9.97 Å². The minimum atomic E-state index is -1.80. The first-order valence-electron chi connectivity index (χ1n) is 8.11. The van der Waals surface area contributed by atoms with Crippen molar-refractivity contribution in [2.24, 2.45) is 0 Å². The molecule has 1 unspecified atom stereocenters. The standard InChI is InChI=1S/C15H18N4O7/c1-3-24-12-14(22)8(4-25-7(2)20)26-13(15(12,14)23)19-6-18-9-10(19)16-5-17-11(9)21/h5-6,8,12-13,22-23H,3-4H2,1-2H3,(H,16,17,21)/t8-,12?,13-,14+,15+/m1/s1. The zero-order valence-corrected chi connectivity index (χ0v) is 14.1. The Labute approximate surface area is 146 Å². The van der Waals surface area contributed by atoms with Gasteiger partial charge in [0.25, 0.3) is 5.56 Å². The van der Waals surface area contributed by atoms with Crippen LogP contribution in [0.15, 0.2) is 17.4 Å². The molecule has 1 saturated carbocycles. The Morgan fingerprint density at radius 1 is 1.42 bits per heavy atom. The predicted octanol–water partition coefficient (Wildman–Crippen LogP) is -1.54. The van der Waals surface area contributed by atoms with Crippen LogP contribution in [0.1, 0.15) is 20.1 Å². The number of imidazole rings is 1. The largest absolute Gasteiger partial charge is 0.463 e. The normalized spacial score (nSPS) is 35.5. The van der Waals surface area contributed by atoms with Crippen molar-refractivity contribution in [3.63, 3.8) is 0 Å². The number of hydrogen-bond donors (Lipinski definition) is 3. The number of fused-ring (bicyclic) bond motifs is 2. The number of nitrogens with zero attached hydrogens (tertiary/aromatic N) is 3. The van der Waals surface area contributed by atoms with Crippen LogP contribution in [0.25, 0.3) is 11.2 Å². The Kier molecular flexibility index (Phi) is 3.67. The maximum absolute atomic E-state index is 11.8. The summed E-state index contributed by atoms with van der Waals surface area (Å²) in [4.78, 5) is 33.4. The van der Waals surface area contributed by atoms with Crippen LogP contribution in [-0.4, -0.2) is 72.3 Å². The van der Waals surface area contributed by atoms with Crippen molar-refractivity contribution in [1.82, 2.24) is 19.5 Å². The molecule has 11 heteroatoms. The van der Waals surface area contributed by atoms with E-state index in [0.717, 1.165) is 0 Å². The summed E-state index contributed by atoms with van der Waals surface area (Å²) < 4.78 is 17.6. The number of aromatic amines is 1. The van der Waals surface area contributed by atoms with E-state index in [9.17, 15) is 19.8 Å². The van der Waals surface area contributed by atoms with Crippen molar-refractivity contribution >= 4 is 17.1 Å². The van der Waals surface area contributed by atoms with E-state index in [0.29, 0.717) is 0 Å². The minimum Gasteiger partial charge on any atom is -0.463 e. The zero-order chi connectivity index (χ0) is 18.7.